The van der Waals surface area contributed by atoms with Gasteiger partial charge in [-0.15, -0.1) is 0 Å². The van der Waals surface area contributed by atoms with E-state index in [1.165, 1.54) is 12.1 Å². The smallest absolute Gasteiger partial charge is 0.279 e. The van der Waals surface area contributed by atoms with Crippen LogP contribution >= 0.6 is 0 Å². The van der Waals surface area contributed by atoms with E-state index in [2.05, 4.69) is 24.0 Å². The Morgan fingerprint density at radius 1 is 1.14 bits per heavy atom. The Morgan fingerprint density at radius 3 is 2.45 bits per heavy atom. The molecule has 0 spiro atoms. The van der Waals surface area contributed by atoms with Gasteiger partial charge in [0.2, 0.25) is 0 Å². The highest BCUT2D eigenvalue weighted by atomic mass is 19.1. The number of rotatable bonds is 6. The fourth-order valence-corrected chi connectivity index (χ4v) is 3.80. The minimum Gasteiger partial charge on any atom is -0.497 e. The minimum absolute atomic E-state index is 0.161. The van der Waals surface area contributed by atoms with Gasteiger partial charge >= 0.3 is 0 Å². The van der Waals surface area contributed by atoms with Gasteiger partial charge in [0, 0.05) is 16.9 Å². The summed E-state index contributed by atoms with van der Waals surface area (Å²) in [6, 6.07) is 13.3. The average Bonchev–Trinajstić information content (AvgIpc) is 3.26. The second kappa shape index (κ2) is 7.70. The highest BCUT2D eigenvalue weighted by Crippen LogP contribution is 2.43. The highest BCUT2D eigenvalue weighted by Gasteiger charge is 2.42. The first-order valence-electron chi connectivity index (χ1n) is 9.79. The lowest BCUT2D eigenvalue weighted by atomic mass is 9.95. The largest absolute Gasteiger partial charge is 0.497 e. The average molecular weight is 393 g/mol. The number of carbonyl (C=O) groups excluding carboxylic acids is 1. The van der Waals surface area contributed by atoms with Crippen LogP contribution in [0.5, 0.6) is 5.75 Å². The zero-order valence-corrected chi connectivity index (χ0v) is 16.8. The van der Waals surface area contributed by atoms with E-state index in [0.29, 0.717) is 11.6 Å². The molecule has 2 aromatic carbocycles. The van der Waals surface area contributed by atoms with Crippen molar-refractivity contribution in [1.82, 2.24) is 10.2 Å². The number of H-pyrrole nitrogens is 1. The standard InChI is InChI=1S/C23H24FN3O2/c1-14(2)4-13-19-20-21(26-25-19)23(28)27(17-9-11-18(29-3)12-10-17)22(20)15-5-7-16(24)8-6-15/h5-12,14,22H,4,13H2,1-3H3,(H,25,26). The number of halogens is 1. The van der Waals surface area contributed by atoms with Crippen molar-refractivity contribution in [2.24, 2.45) is 5.92 Å². The number of aromatic nitrogens is 2. The van der Waals surface area contributed by atoms with Crippen LogP contribution in [0, 0.1) is 11.7 Å². The van der Waals surface area contributed by atoms with Gasteiger partial charge in [0.1, 0.15) is 11.6 Å². The van der Waals surface area contributed by atoms with Crippen LogP contribution in [0.15, 0.2) is 48.5 Å². The molecule has 4 rings (SSSR count). The third-order valence-electron chi connectivity index (χ3n) is 5.34. The molecule has 0 aliphatic carbocycles. The molecule has 0 fully saturated rings. The first-order chi connectivity index (χ1) is 14.0. The van der Waals surface area contributed by atoms with Gasteiger partial charge in [-0.1, -0.05) is 26.0 Å². The molecule has 1 N–H and O–H groups in total. The van der Waals surface area contributed by atoms with Crippen molar-refractivity contribution in [2.75, 3.05) is 12.0 Å². The fraction of sp³-hybridized carbons (Fsp3) is 0.304. The first-order valence-corrected chi connectivity index (χ1v) is 9.79. The number of amides is 1. The summed E-state index contributed by atoms with van der Waals surface area (Å²) in [5.41, 5.74) is 3.89. The Hall–Kier alpha value is -3.15. The van der Waals surface area contributed by atoms with E-state index in [1.54, 1.807) is 24.1 Å². The van der Waals surface area contributed by atoms with Crippen LogP contribution in [0.25, 0.3) is 0 Å². The van der Waals surface area contributed by atoms with E-state index in [-0.39, 0.29) is 17.8 Å². The second-order valence-electron chi connectivity index (χ2n) is 7.72. The predicted octanol–water partition coefficient (Wildman–Crippen LogP) is 4.90. The zero-order chi connectivity index (χ0) is 20.5. The van der Waals surface area contributed by atoms with Crippen molar-refractivity contribution in [1.29, 1.82) is 0 Å². The number of carbonyl (C=O) groups is 1. The molecule has 3 aromatic rings. The van der Waals surface area contributed by atoms with Crippen LogP contribution < -0.4 is 9.64 Å². The second-order valence-corrected chi connectivity index (χ2v) is 7.72. The van der Waals surface area contributed by atoms with E-state index in [9.17, 15) is 9.18 Å². The monoisotopic (exact) mass is 393 g/mol. The van der Waals surface area contributed by atoms with Crippen molar-refractivity contribution in [3.8, 4) is 5.75 Å². The Balaban J connectivity index is 1.81. The molecule has 29 heavy (non-hydrogen) atoms. The van der Waals surface area contributed by atoms with Crippen LogP contribution in [-0.4, -0.2) is 23.2 Å². The third-order valence-corrected chi connectivity index (χ3v) is 5.34. The Labute approximate surface area is 169 Å². The number of nitrogens with one attached hydrogen (secondary N) is 1. The van der Waals surface area contributed by atoms with E-state index in [1.807, 2.05) is 24.3 Å². The maximum Gasteiger partial charge on any atom is 0.279 e. The predicted molar refractivity (Wildman–Crippen MR) is 110 cm³/mol. The maximum absolute atomic E-state index is 13.6. The number of nitrogens with zero attached hydrogens (tertiary/aromatic N) is 2. The lowest BCUT2D eigenvalue weighted by molar-refractivity contribution is 0.0988. The molecule has 0 radical (unpaired) electrons. The summed E-state index contributed by atoms with van der Waals surface area (Å²) < 4.78 is 18.8. The highest BCUT2D eigenvalue weighted by molar-refractivity contribution is 6.10. The summed E-state index contributed by atoms with van der Waals surface area (Å²) in [7, 11) is 1.61. The summed E-state index contributed by atoms with van der Waals surface area (Å²) in [5.74, 6) is 0.788. The van der Waals surface area contributed by atoms with Crippen LogP contribution in [-0.2, 0) is 6.42 Å². The van der Waals surface area contributed by atoms with Gasteiger partial charge in [-0.3, -0.25) is 14.8 Å². The normalized spacial score (nSPS) is 15.8. The van der Waals surface area contributed by atoms with Crippen LogP contribution in [0.2, 0.25) is 0 Å². The number of hydrogen-bond acceptors (Lipinski definition) is 3. The molecule has 0 bridgehead atoms. The van der Waals surface area contributed by atoms with E-state index in [4.69, 9.17) is 4.74 Å². The Kier molecular flexibility index (Phi) is 5.09. The topological polar surface area (TPSA) is 58.2 Å². The molecule has 1 atom stereocenters. The Bertz CT molecular complexity index is 1010. The van der Waals surface area contributed by atoms with E-state index in [0.717, 1.165) is 41.1 Å². The van der Waals surface area contributed by atoms with E-state index >= 15 is 0 Å². The van der Waals surface area contributed by atoms with Gasteiger partial charge in [0.25, 0.3) is 5.91 Å². The molecule has 2 heterocycles. The number of methoxy groups -OCH3 is 1. The van der Waals surface area contributed by atoms with Gasteiger partial charge in [-0.25, -0.2) is 4.39 Å². The summed E-state index contributed by atoms with van der Waals surface area (Å²) in [6.45, 7) is 4.34. The quantitative estimate of drug-likeness (QED) is 0.648. The molecule has 1 amide bonds. The number of benzene rings is 2. The number of aromatic amines is 1. The van der Waals surface area contributed by atoms with Crippen molar-refractivity contribution >= 4 is 11.6 Å². The summed E-state index contributed by atoms with van der Waals surface area (Å²) in [6.07, 6.45) is 1.79. The molecule has 150 valence electrons. The number of ether oxygens (including phenoxy) is 1. The Morgan fingerprint density at radius 2 is 1.83 bits per heavy atom. The molecule has 5 nitrogen and oxygen atoms in total. The molecule has 6 heteroatoms. The number of anilines is 1. The minimum atomic E-state index is -0.354. The first kappa shape index (κ1) is 19.2. The van der Waals surface area contributed by atoms with Gasteiger partial charge in [-0.2, -0.15) is 5.10 Å². The van der Waals surface area contributed by atoms with Gasteiger partial charge in [0.15, 0.2) is 5.69 Å². The van der Waals surface area contributed by atoms with Gasteiger partial charge < -0.3 is 4.74 Å². The van der Waals surface area contributed by atoms with Crippen LogP contribution in [0.3, 0.4) is 0 Å². The summed E-state index contributed by atoms with van der Waals surface area (Å²) in [5, 5.41) is 7.42. The lowest BCUT2D eigenvalue weighted by Crippen LogP contribution is -2.29. The van der Waals surface area contributed by atoms with Crippen LogP contribution in [0.4, 0.5) is 10.1 Å². The molecule has 0 saturated carbocycles. The molecular weight excluding hydrogens is 369 g/mol. The zero-order valence-electron chi connectivity index (χ0n) is 16.8. The van der Waals surface area contributed by atoms with Gasteiger partial charge in [0.05, 0.1) is 13.2 Å². The molecule has 1 aromatic heterocycles. The third kappa shape index (κ3) is 3.50. The van der Waals surface area contributed by atoms with Crippen LogP contribution in [0.1, 0.15) is 53.6 Å². The molecule has 0 saturated heterocycles. The molecular formula is C23H24FN3O2. The molecule has 1 aliphatic heterocycles. The fourth-order valence-electron chi connectivity index (χ4n) is 3.80. The summed E-state index contributed by atoms with van der Waals surface area (Å²) in [4.78, 5) is 15.0. The molecule has 1 aliphatic rings. The van der Waals surface area contributed by atoms with Crippen molar-refractivity contribution < 1.29 is 13.9 Å². The lowest BCUT2D eigenvalue weighted by Gasteiger charge is -2.26. The van der Waals surface area contributed by atoms with Crippen molar-refractivity contribution in [3.63, 3.8) is 0 Å². The van der Waals surface area contributed by atoms with Gasteiger partial charge in [-0.05, 0) is 60.7 Å². The number of hydrogen-bond donors (Lipinski definition) is 1. The maximum atomic E-state index is 13.6. The SMILES string of the molecule is COc1ccc(N2C(=O)c3n[nH]c(CCC(C)C)c3C2c2ccc(F)cc2)cc1. The van der Waals surface area contributed by atoms with E-state index < -0.39 is 0 Å². The van der Waals surface area contributed by atoms with Crippen molar-refractivity contribution in [2.45, 2.75) is 32.7 Å². The van der Waals surface area contributed by atoms with Crippen molar-refractivity contribution in [3.05, 3.63) is 76.9 Å². The number of aryl methyl sites for hydroxylation is 1. The number of fused-ring (bicyclic) bond motifs is 1. The molecule has 1 unspecified atom stereocenters. The summed E-state index contributed by atoms with van der Waals surface area (Å²) >= 11 is 0.